The van der Waals surface area contributed by atoms with Gasteiger partial charge in [-0.25, -0.2) is 0 Å². The average molecular weight is 549 g/mol. The number of aromatic nitrogens is 3. The first-order valence-corrected chi connectivity index (χ1v) is 14.1. The molecular formula is C24H29AsClFN5O2. The summed E-state index contributed by atoms with van der Waals surface area (Å²) in [5, 5.41) is 13.5. The van der Waals surface area contributed by atoms with Crippen molar-refractivity contribution in [2.24, 2.45) is 5.41 Å². The number of halogens is 2. The zero-order valence-electron chi connectivity index (χ0n) is 19.1. The molecule has 0 spiro atoms. The van der Waals surface area contributed by atoms with Crippen LogP contribution in [0, 0.1) is 16.7 Å². The van der Waals surface area contributed by atoms with Crippen molar-refractivity contribution >= 4 is 31.8 Å². The molecule has 0 unspecified atom stereocenters. The SMILES string of the molecule is N#CC1(COc2cncc(-c3cc([As]C4CCC(NCCF)CC4)ncc3Cl)n2)CCOCC1. The first-order valence-electron chi connectivity index (χ1n) is 11.7. The summed E-state index contributed by atoms with van der Waals surface area (Å²) < 4.78 is 25.4. The van der Waals surface area contributed by atoms with Gasteiger partial charge in [0.1, 0.15) is 0 Å². The molecule has 1 aliphatic carbocycles. The number of hydrogen-bond acceptors (Lipinski definition) is 7. The second kappa shape index (κ2) is 12.3. The molecular weight excluding hydrogens is 520 g/mol. The minimum atomic E-state index is -0.554. The normalized spacial score (nSPS) is 22.5. The van der Waals surface area contributed by atoms with Crippen LogP contribution >= 0.6 is 11.6 Å². The third-order valence-electron chi connectivity index (χ3n) is 6.45. The van der Waals surface area contributed by atoms with E-state index in [1.54, 1.807) is 18.6 Å². The van der Waals surface area contributed by atoms with E-state index in [0.29, 0.717) is 59.9 Å². The molecule has 3 heterocycles. The molecule has 2 aliphatic rings. The molecule has 0 aromatic carbocycles. The number of nitrogens with zero attached hydrogens (tertiary/aromatic N) is 4. The summed E-state index contributed by atoms with van der Waals surface area (Å²) in [4.78, 5) is 13.5. The van der Waals surface area contributed by atoms with Crippen molar-refractivity contribution in [2.45, 2.75) is 49.3 Å². The molecule has 181 valence electrons. The molecule has 2 aromatic rings. The van der Waals surface area contributed by atoms with Gasteiger partial charge < -0.3 is 0 Å². The third-order valence-corrected chi connectivity index (χ3v) is 9.67. The monoisotopic (exact) mass is 548 g/mol. The van der Waals surface area contributed by atoms with E-state index in [0.717, 1.165) is 35.7 Å². The van der Waals surface area contributed by atoms with Gasteiger partial charge in [0.15, 0.2) is 0 Å². The molecule has 2 fully saturated rings. The molecule has 0 amide bonds. The van der Waals surface area contributed by atoms with Crippen LogP contribution in [0.1, 0.15) is 38.5 Å². The van der Waals surface area contributed by atoms with Crippen LogP contribution in [0.4, 0.5) is 4.39 Å². The van der Waals surface area contributed by atoms with Gasteiger partial charge in [-0.1, -0.05) is 0 Å². The van der Waals surface area contributed by atoms with Crippen molar-refractivity contribution in [3.8, 4) is 23.2 Å². The summed E-state index contributed by atoms with van der Waals surface area (Å²) in [7, 11) is 0. The van der Waals surface area contributed by atoms with E-state index in [-0.39, 0.29) is 29.0 Å². The fourth-order valence-corrected chi connectivity index (χ4v) is 7.20. The van der Waals surface area contributed by atoms with Crippen LogP contribution in [0.5, 0.6) is 5.88 Å². The number of alkyl halides is 1. The molecule has 1 aliphatic heterocycles. The number of nitrogens with one attached hydrogen (secondary N) is 1. The summed E-state index contributed by atoms with van der Waals surface area (Å²) in [6.07, 6.45) is 10.7. The van der Waals surface area contributed by atoms with Crippen LogP contribution in [-0.4, -0.2) is 69.8 Å². The standard InChI is InChI=1S/C24H29AsClFN5O2/c26-20-12-31-22(25-17-1-3-18(4-2-17)30-8-7-27)11-19(20)21-13-29-14-23(32-21)34-16-24(15-28)5-9-33-10-6-24/h11-14,17-18,30H,1-10,16H2. The maximum atomic E-state index is 12.4. The molecule has 4 rings (SSSR count). The Morgan fingerprint density at radius 3 is 2.76 bits per heavy atom. The van der Waals surface area contributed by atoms with E-state index in [2.05, 4.69) is 26.3 Å². The van der Waals surface area contributed by atoms with E-state index in [9.17, 15) is 9.65 Å². The van der Waals surface area contributed by atoms with Crippen molar-refractivity contribution in [2.75, 3.05) is 33.0 Å². The summed E-state index contributed by atoms with van der Waals surface area (Å²) in [6.45, 7) is 1.52. The first-order chi connectivity index (χ1) is 16.6. The Balaban J connectivity index is 1.40. The topological polar surface area (TPSA) is 93.0 Å². The molecule has 1 saturated carbocycles. The Labute approximate surface area is 211 Å². The van der Waals surface area contributed by atoms with E-state index in [1.165, 1.54) is 0 Å². The number of nitriles is 1. The van der Waals surface area contributed by atoms with Gasteiger partial charge in [-0.2, -0.15) is 0 Å². The van der Waals surface area contributed by atoms with Crippen LogP contribution in [0.25, 0.3) is 11.3 Å². The van der Waals surface area contributed by atoms with Crippen molar-refractivity contribution in [1.82, 2.24) is 20.3 Å². The summed E-state index contributed by atoms with van der Waals surface area (Å²) in [6, 6.07) is 4.86. The first kappa shape index (κ1) is 25.3. The molecule has 0 bridgehead atoms. The second-order valence-corrected chi connectivity index (χ2v) is 12.3. The van der Waals surface area contributed by atoms with Gasteiger partial charge in [-0.3, -0.25) is 0 Å². The predicted octanol–water partition coefficient (Wildman–Crippen LogP) is 3.51. The van der Waals surface area contributed by atoms with Crippen LogP contribution in [-0.2, 0) is 4.74 Å². The number of pyridine rings is 1. The molecule has 1 N–H and O–H groups in total. The third kappa shape index (κ3) is 6.66. The summed E-state index contributed by atoms with van der Waals surface area (Å²) in [5.41, 5.74) is 0.866. The van der Waals surface area contributed by atoms with E-state index < -0.39 is 5.41 Å². The predicted molar refractivity (Wildman–Crippen MR) is 129 cm³/mol. The molecule has 2 aromatic heterocycles. The Hall–Kier alpha value is -1.78. The van der Waals surface area contributed by atoms with Crippen LogP contribution in [0.15, 0.2) is 24.7 Å². The van der Waals surface area contributed by atoms with Crippen molar-refractivity contribution in [3.05, 3.63) is 29.7 Å². The fraction of sp³-hybridized carbons (Fsp3) is 0.583. The van der Waals surface area contributed by atoms with Gasteiger partial charge >= 0.3 is 212 Å². The summed E-state index contributed by atoms with van der Waals surface area (Å²) >= 11 is 6.37. The fourth-order valence-electron chi connectivity index (χ4n) is 4.36. The van der Waals surface area contributed by atoms with Gasteiger partial charge in [0, 0.05) is 0 Å². The summed E-state index contributed by atoms with van der Waals surface area (Å²) in [5.74, 6) is 0.375. The molecule has 10 heteroatoms. The minimum absolute atomic E-state index is 0.111. The molecule has 1 radical (unpaired) electrons. The Bertz CT molecular complexity index is 994. The van der Waals surface area contributed by atoms with Gasteiger partial charge in [0.05, 0.1) is 0 Å². The van der Waals surface area contributed by atoms with E-state index in [4.69, 9.17) is 21.1 Å². The van der Waals surface area contributed by atoms with Crippen LogP contribution in [0.2, 0.25) is 9.73 Å². The van der Waals surface area contributed by atoms with E-state index >= 15 is 0 Å². The van der Waals surface area contributed by atoms with Crippen LogP contribution in [0.3, 0.4) is 0 Å². The number of ether oxygens (including phenoxy) is 2. The second-order valence-electron chi connectivity index (χ2n) is 8.84. The van der Waals surface area contributed by atoms with Gasteiger partial charge in [-0.15, -0.1) is 0 Å². The van der Waals surface area contributed by atoms with Gasteiger partial charge in [-0.05, 0) is 0 Å². The van der Waals surface area contributed by atoms with Crippen LogP contribution < -0.4 is 14.5 Å². The molecule has 7 nitrogen and oxygen atoms in total. The average Bonchev–Trinajstić information content (AvgIpc) is 2.89. The number of rotatable bonds is 9. The zero-order chi connectivity index (χ0) is 23.8. The zero-order valence-corrected chi connectivity index (χ0v) is 21.7. The van der Waals surface area contributed by atoms with E-state index in [1.807, 2.05) is 6.07 Å². The number of hydrogen-bond donors (Lipinski definition) is 1. The van der Waals surface area contributed by atoms with Crippen molar-refractivity contribution in [1.29, 1.82) is 5.26 Å². The van der Waals surface area contributed by atoms with Crippen molar-refractivity contribution < 1.29 is 13.9 Å². The van der Waals surface area contributed by atoms with Crippen molar-refractivity contribution in [3.63, 3.8) is 0 Å². The Morgan fingerprint density at radius 1 is 1.24 bits per heavy atom. The molecule has 0 atom stereocenters. The molecule has 34 heavy (non-hydrogen) atoms. The molecule has 1 saturated heterocycles. The maximum absolute atomic E-state index is 12.4. The Kier molecular flexibility index (Phi) is 9.13. The van der Waals surface area contributed by atoms with Gasteiger partial charge in [0.2, 0.25) is 0 Å². The quantitative estimate of drug-likeness (QED) is 0.479. The van der Waals surface area contributed by atoms with Gasteiger partial charge in [0.25, 0.3) is 0 Å². The Morgan fingerprint density at radius 2 is 2.03 bits per heavy atom.